The van der Waals surface area contributed by atoms with Crippen LogP contribution in [0.2, 0.25) is 0 Å². The summed E-state index contributed by atoms with van der Waals surface area (Å²) in [5.74, 6) is 2.75. The van der Waals surface area contributed by atoms with E-state index in [-0.39, 0.29) is 29.9 Å². The Morgan fingerprint density at radius 3 is 2.62 bits per heavy atom. The number of hydrogen-bond donors (Lipinski definition) is 2. The van der Waals surface area contributed by atoms with Crippen molar-refractivity contribution in [3.8, 4) is 0 Å². The monoisotopic (exact) mass is 490 g/mol. The minimum atomic E-state index is -0.0612. The van der Waals surface area contributed by atoms with Crippen molar-refractivity contribution >= 4 is 47.6 Å². The Balaban J connectivity index is 0.00000338. The van der Waals surface area contributed by atoms with Gasteiger partial charge in [-0.2, -0.15) is 11.8 Å². The molecular weight excluding hydrogens is 459 g/mol. The molecule has 1 unspecified atom stereocenters. The van der Waals surface area contributed by atoms with Crippen LogP contribution in [0, 0.1) is 5.92 Å². The molecule has 5 nitrogen and oxygen atoms in total. The van der Waals surface area contributed by atoms with Gasteiger partial charge < -0.3 is 15.5 Å². The van der Waals surface area contributed by atoms with Crippen LogP contribution in [0.25, 0.3) is 0 Å². The molecule has 7 heteroatoms. The van der Waals surface area contributed by atoms with Gasteiger partial charge in [0.05, 0.1) is 6.54 Å². The van der Waals surface area contributed by atoms with Gasteiger partial charge in [-0.25, -0.2) is 4.99 Å². The molecule has 146 valence electrons. The fraction of sp³-hybridized carbons (Fsp3) is 0.579. The summed E-state index contributed by atoms with van der Waals surface area (Å²) in [5, 5.41) is 6.72. The second kappa shape index (κ2) is 11.7. The Morgan fingerprint density at radius 1 is 1.35 bits per heavy atom. The number of nitrogens with zero attached hydrogens (tertiary/aromatic N) is 2. The standard InChI is InChI=1S/C19H30N4OS.HI/c1-5-21-19(23-10-11-25-17(13-23)14(2)3)22-12-15-6-8-16(9-7-15)18(24)20-4;/h6-9,14,17H,5,10-13H2,1-4H3,(H,20,24)(H,21,22);1H. The minimum Gasteiger partial charge on any atom is -0.357 e. The Hall–Kier alpha value is -0.960. The molecule has 0 saturated carbocycles. The first-order valence-corrected chi connectivity index (χ1v) is 10.1. The van der Waals surface area contributed by atoms with Gasteiger partial charge in [-0.15, -0.1) is 24.0 Å². The molecule has 0 aromatic heterocycles. The van der Waals surface area contributed by atoms with Gasteiger partial charge in [0.2, 0.25) is 0 Å². The van der Waals surface area contributed by atoms with Gasteiger partial charge in [-0.3, -0.25) is 4.79 Å². The van der Waals surface area contributed by atoms with Crippen LogP contribution in [0.5, 0.6) is 0 Å². The molecule has 1 saturated heterocycles. The number of benzene rings is 1. The van der Waals surface area contributed by atoms with Gasteiger partial charge in [0.1, 0.15) is 0 Å². The summed E-state index contributed by atoms with van der Waals surface area (Å²) in [6.45, 7) is 10.3. The molecule has 0 radical (unpaired) electrons. The fourth-order valence-electron chi connectivity index (χ4n) is 2.77. The lowest BCUT2D eigenvalue weighted by atomic mass is 10.1. The average molecular weight is 490 g/mol. The normalized spacial score (nSPS) is 17.7. The van der Waals surface area contributed by atoms with E-state index < -0.39 is 0 Å². The van der Waals surface area contributed by atoms with E-state index in [0.717, 1.165) is 36.9 Å². The van der Waals surface area contributed by atoms with Crippen molar-refractivity contribution in [2.45, 2.75) is 32.6 Å². The summed E-state index contributed by atoms with van der Waals surface area (Å²) in [6, 6.07) is 7.65. The van der Waals surface area contributed by atoms with Crippen molar-refractivity contribution in [2.75, 3.05) is 32.4 Å². The number of halogens is 1. The molecular formula is C19H31IN4OS. The number of hydrogen-bond acceptors (Lipinski definition) is 3. The first kappa shape index (κ1) is 23.1. The number of aliphatic imine (C=N–C) groups is 1. The van der Waals surface area contributed by atoms with Crippen molar-refractivity contribution in [3.63, 3.8) is 0 Å². The lowest BCUT2D eigenvalue weighted by Crippen LogP contribution is -2.49. The Kier molecular flexibility index (Phi) is 10.4. The zero-order chi connectivity index (χ0) is 18.2. The predicted octanol–water partition coefficient (Wildman–Crippen LogP) is 3.20. The predicted molar refractivity (Wildman–Crippen MR) is 123 cm³/mol. The molecule has 1 amide bonds. The molecule has 26 heavy (non-hydrogen) atoms. The molecule has 1 heterocycles. The van der Waals surface area contributed by atoms with Crippen molar-refractivity contribution in [3.05, 3.63) is 35.4 Å². The molecule has 2 rings (SSSR count). The van der Waals surface area contributed by atoms with Crippen molar-refractivity contribution < 1.29 is 4.79 Å². The number of guanidine groups is 1. The quantitative estimate of drug-likeness (QED) is 0.378. The summed E-state index contributed by atoms with van der Waals surface area (Å²) in [4.78, 5) is 18.8. The minimum absolute atomic E-state index is 0. The smallest absolute Gasteiger partial charge is 0.251 e. The number of rotatable bonds is 5. The van der Waals surface area contributed by atoms with E-state index in [1.54, 1.807) is 7.05 Å². The third-order valence-corrected chi connectivity index (χ3v) is 5.87. The van der Waals surface area contributed by atoms with Gasteiger partial charge in [0, 0.05) is 43.2 Å². The van der Waals surface area contributed by atoms with Crippen LogP contribution in [-0.2, 0) is 6.54 Å². The van der Waals surface area contributed by atoms with Gasteiger partial charge in [0.15, 0.2) is 5.96 Å². The average Bonchev–Trinajstić information content (AvgIpc) is 2.65. The van der Waals surface area contributed by atoms with Crippen molar-refractivity contribution in [1.82, 2.24) is 15.5 Å². The van der Waals surface area contributed by atoms with E-state index >= 15 is 0 Å². The Morgan fingerprint density at radius 2 is 2.04 bits per heavy atom. The van der Waals surface area contributed by atoms with Gasteiger partial charge in [-0.05, 0) is 30.5 Å². The number of amides is 1. The van der Waals surface area contributed by atoms with E-state index in [1.807, 2.05) is 24.3 Å². The van der Waals surface area contributed by atoms with Crippen LogP contribution < -0.4 is 10.6 Å². The molecule has 0 bridgehead atoms. The molecule has 2 N–H and O–H groups in total. The molecule has 1 aliphatic heterocycles. The molecule has 1 fully saturated rings. The maximum Gasteiger partial charge on any atom is 0.251 e. The highest BCUT2D eigenvalue weighted by atomic mass is 127. The van der Waals surface area contributed by atoms with E-state index in [1.165, 1.54) is 0 Å². The third kappa shape index (κ3) is 6.64. The van der Waals surface area contributed by atoms with Gasteiger partial charge in [-0.1, -0.05) is 26.0 Å². The second-order valence-electron chi connectivity index (χ2n) is 6.55. The van der Waals surface area contributed by atoms with Crippen molar-refractivity contribution in [1.29, 1.82) is 0 Å². The van der Waals surface area contributed by atoms with E-state index in [9.17, 15) is 4.79 Å². The van der Waals surface area contributed by atoms with Crippen LogP contribution >= 0.6 is 35.7 Å². The fourth-order valence-corrected chi connectivity index (χ4v) is 4.07. The first-order chi connectivity index (χ1) is 12.0. The van der Waals surface area contributed by atoms with Crippen molar-refractivity contribution in [2.24, 2.45) is 10.9 Å². The zero-order valence-corrected chi connectivity index (χ0v) is 19.3. The molecule has 1 aliphatic rings. The first-order valence-electron chi connectivity index (χ1n) is 9.01. The van der Waals surface area contributed by atoms with Crippen LogP contribution in [-0.4, -0.2) is 54.5 Å². The van der Waals surface area contributed by atoms with E-state index in [0.29, 0.717) is 23.3 Å². The second-order valence-corrected chi connectivity index (χ2v) is 7.89. The molecule has 0 spiro atoms. The Bertz CT molecular complexity index is 592. The maximum absolute atomic E-state index is 11.6. The van der Waals surface area contributed by atoms with Gasteiger partial charge >= 0.3 is 0 Å². The summed E-state index contributed by atoms with van der Waals surface area (Å²) < 4.78 is 0. The summed E-state index contributed by atoms with van der Waals surface area (Å²) in [6.07, 6.45) is 0. The topological polar surface area (TPSA) is 56.7 Å². The number of carbonyl (C=O) groups excluding carboxylic acids is 1. The molecule has 1 aromatic rings. The highest BCUT2D eigenvalue weighted by Gasteiger charge is 2.24. The molecule has 0 aliphatic carbocycles. The number of nitrogens with one attached hydrogen (secondary N) is 2. The SMILES string of the molecule is CCNC(=NCc1ccc(C(=O)NC)cc1)N1CCSC(C(C)C)C1.I. The summed E-state index contributed by atoms with van der Waals surface area (Å²) in [7, 11) is 1.64. The molecule has 1 aromatic carbocycles. The van der Waals surface area contributed by atoms with Crippen LogP contribution in [0.3, 0.4) is 0 Å². The third-order valence-electron chi connectivity index (χ3n) is 4.33. The Labute approximate surface area is 178 Å². The zero-order valence-electron chi connectivity index (χ0n) is 16.1. The highest BCUT2D eigenvalue weighted by molar-refractivity contribution is 14.0. The van der Waals surface area contributed by atoms with E-state index in [2.05, 4.69) is 48.1 Å². The maximum atomic E-state index is 11.6. The van der Waals surface area contributed by atoms with Gasteiger partial charge in [0.25, 0.3) is 5.91 Å². The van der Waals surface area contributed by atoms with Crippen LogP contribution in [0.4, 0.5) is 0 Å². The van der Waals surface area contributed by atoms with E-state index in [4.69, 9.17) is 4.99 Å². The molecule has 1 atom stereocenters. The number of thioether (sulfide) groups is 1. The summed E-state index contributed by atoms with van der Waals surface area (Å²) in [5.41, 5.74) is 1.78. The lowest BCUT2D eigenvalue weighted by molar-refractivity contribution is 0.0963. The summed E-state index contributed by atoms with van der Waals surface area (Å²) >= 11 is 2.07. The van der Waals surface area contributed by atoms with Crippen LogP contribution in [0.1, 0.15) is 36.7 Å². The lowest BCUT2D eigenvalue weighted by Gasteiger charge is -2.36. The van der Waals surface area contributed by atoms with Crippen LogP contribution in [0.15, 0.2) is 29.3 Å². The largest absolute Gasteiger partial charge is 0.357 e. The number of carbonyl (C=O) groups is 1. The highest BCUT2D eigenvalue weighted by Crippen LogP contribution is 2.25.